The minimum absolute atomic E-state index is 0.994. The number of rotatable bonds is 2. The highest BCUT2D eigenvalue weighted by Gasteiger charge is 2.04. The molecule has 2 heterocycles. The first kappa shape index (κ1) is 12.3. The van der Waals surface area contributed by atoms with Gasteiger partial charge in [0.05, 0.1) is 17.4 Å². The number of fused-ring (bicyclic) bond motifs is 1. The summed E-state index contributed by atoms with van der Waals surface area (Å²) in [6.45, 7) is 2.02. The van der Waals surface area contributed by atoms with E-state index in [1.54, 1.807) is 17.7 Å². The third-order valence-corrected chi connectivity index (χ3v) is 4.51. The summed E-state index contributed by atoms with van der Waals surface area (Å²) in [7, 11) is 0. The normalized spacial score (nSPS) is 11.1. The van der Waals surface area contributed by atoms with Gasteiger partial charge in [-0.1, -0.05) is 30.3 Å². The lowest BCUT2D eigenvalue weighted by molar-refractivity contribution is 1.27. The molecule has 0 atom stereocenters. The van der Waals surface area contributed by atoms with Gasteiger partial charge in [-0.3, -0.25) is 0 Å². The lowest BCUT2D eigenvalue weighted by Gasteiger charge is -2.03. The standard InChI is InChI=1S/C17H13N3S/c1-11-9-21-17(20-11)13-4-2-12(3-5-13)14-6-7-15-16(8-14)19-10-18-15/h2-10H,1H3,(H,18,19). The summed E-state index contributed by atoms with van der Waals surface area (Å²) < 4.78 is 0. The Morgan fingerprint density at radius 2 is 1.71 bits per heavy atom. The first-order valence-corrected chi connectivity index (χ1v) is 7.64. The van der Waals surface area contributed by atoms with Crippen molar-refractivity contribution in [3.63, 3.8) is 0 Å². The van der Waals surface area contributed by atoms with Crippen LogP contribution in [0.15, 0.2) is 54.2 Å². The van der Waals surface area contributed by atoms with E-state index >= 15 is 0 Å². The van der Waals surface area contributed by atoms with Crippen LogP contribution < -0.4 is 0 Å². The summed E-state index contributed by atoms with van der Waals surface area (Å²) in [6.07, 6.45) is 1.72. The Balaban J connectivity index is 1.72. The molecule has 4 rings (SSSR count). The number of hydrogen-bond donors (Lipinski definition) is 1. The summed E-state index contributed by atoms with van der Waals surface area (Å²) in [5, 5.41) is 3.15. The van der Waals surface area contributed by atoms with Crippen molar-refractivity contribution in [3.8, 4) is 21.7 Å². The van der Waals surface area contributed by atoms with Crippen molar-refractivity contribution >= 4 is 22.4 Å². The fourth-order valence-corrected chi connectivity index (χ4v) is 3.21. The summed E-state index contributed by atoms with van der Waals surface area (Å²) in [5.41, 5.74) is 6.68. The molecule has 3 nitrogen and oxygen atoms in total. The van der Waals surface area contributed by atoms with Crippen LogP contribution in [0.25, 0.3) is 32.7 Å². The van der Waals surface area contributed by atoms with Gasteiger partial charge in [-0.25, -0.2) is 9.97 Å². The molecular weight excluding hydrogens is 278 g/mol. The quantitative estimate of drug-likeness (QED) is 0.583. The second kappa shape index (κ2) is 4.82. The second-order valence-corrected chi connectivity index (χ2v) is 5.86. The van der Waals surface area contributed by atoms with E-state index in [2.05, 4.69) is 56.7 Å². The monoisotopic (exact) mass is 291 g/mol. The molecule has 21 heavy (non-hydrogen) atoms. The molecule has 4 aromatic rings. The zero-order valence-electron chi connectivity index (χ0n) is 11.5. The number of aromatic amines is 1. The molecule has 0 saturated carbocycles. The van der Waals surface area contributed by atoms with Gasteiger partial charge in [0.2, 0.25) is 0 Å². The maximum absolute atomic E-state index is 4.52. The smallest absolute Gasteiger partial charge is 0.123 e. The predicted molar refractivity (Wildman–Crippen MR) is 87.4 cm³/mol. The lowest BCUT2D eigenvalue weighted by Crippen LogP contribution is -1.81. The van der Waals surface area contributed by atoms with E-state index in [9.17, 15) is 0 Å². The van der Waals surface area contributed by atoms with Gasteiger partial charge in [0, 0.05) is 16.6 Å². The van der Waals surface area contributed by atoms with Crippen LogP contribution in [0.5, 0.6) is 0 Å². The number of aromatic nitrogens is 3. The average Bonchev–Trinajstić information content (AvgIpc) is 3.15. The average molecular weight is 291 g/mol. The Morgan fingerprint density at radius 3 is 2.48 bits per heavy atom. The van der Waals surface area contributed by atoms with E-state index in [4.69, 9.17) is 0 Å². The van der Waals surface area contributed by atoms with E-state index in [1.165, 1.54) is 16.7 Å². The number of benzene rings is 2. The van der Waals surface area contributed by atoms with Gasteiger partial charge in [0.1, 0.15) is 5.01 Å². The SMILES string of the molecule is Cc1csc(-c2ccc(-c3ccc4nc[nH]c4c3)cc2)n1. The van der Waals surface area contributed by atoms with Crippen LogP contribution in [0.4, 0.5) is 0 Å². The van der Waals surface area contributed by atoms with Gasteiger partial charge in [0.15, 0.2) is 0 Å². The number of H-pyrrole nitrogens is 1. The molecule has 0 radical (unpaired) electrons. The number of thiazole rings is 1. The van der Waals surface area contributed by atoms with E-state index in [-0.39, 0.29) is 0 Å². The number of hydrogen-bond acceptors (Lipinski definition) is 3. The third-order valence-electron chi connectivity index (χ3n) is 3.50. The van der Waals surface area contributed by atoms with Gasteiger partial charge >= 0.3 is 0 Å². The molecule has 0 aliphatic carbocycles. The van der Waals surface area contributed by atoms with Crippen LogP contribution in [-0.4, -0.2) is 15.0 Å². The number of nitrogens with zero attached hydrogens (tertiary/aromatic N) is 2. The molecule has 0 saturated heterocycles. The van der Waals surface area contributed by atoms with E-state index in [1.807, 2.05) is 13.0 Å². The zero-order chi connectivity index (χ0) is 14.2. The highest BCUT2D eigenvalue weighted by atomic mass is 32.1. The third kappa shape index (κ3) is 2.23. The van der Waals surface area contributed by atoms with Crippen molar-refractivity contribution < 1.29 is 0 Å². The Bertz CT molecular complexity index is 903. The van der Waals surface area contributed by atoms with Gasteiger partial charge in [-0.2, -0.15) is 0 Å². The van der Waals surface area contributed by atoms with Gasteiger partial charge in [-0.15, -0.1) is 11.3 Å². The van der Waals surface area contributed by atoms with E-state index < -0.39 is 0 Å². The maximum atomic E-state index is 4.52. The molecule has 4 heteroatoms. The molecule has 102 valence electrons. The van der Waals surface area contributed by atoms with Gasteiger partial charge in [-0.05, 0) is 30.2 Å². The topological polar surface area (TPSA) is 41.6 Å². The lowest BCUT2D eigenvalue weighted by atomic mass is 10.0. The van der Waals surface area contributed by atoms with Gasteiger partial charge in [0.25, 0.3) is 0 Å². The highest BCUT2D eigenvalue weighted by molar-refractivity contribution is 7.13. The molecule has 2 aromatic heterocycles. The highest BCUT2D eigenvalue weighted by Crippen LogP contribution is 2.28. The van der Waals surface area contributed by atoms with Crippen LogP contribution in [0.1, 0.15) is 5.69 Å². The summed E-state index contributed by atoms with van der Waals surface area (Å²) in [5.74, 6) is 0. The number of aryl methyl sites for hydroxylation is 1. The molecule has 0 aliphatic rings. The molecule has 2 aromatic carbocycles. The minimum Gasteiger partial charge on any atom is -0.345 e. The summed E-state index contributed by atoms with van der Waals surface area (Å²) in [6, 6.07) is 14.8. The van der Waals surface area contributed by atoms with Crippen molar-refractivity contribution in [1.82, 2.24) is 15.0 Å². The predicted octanol–water partition coefficient (Wildman–Crippen LogP) is 4.66. The number of nitrogens with one attached hydrogen (secondary N) is 1. The second-order valence-electron chi connectivity index (χ2n) is 5.01. The minimum atomic E-state index is 0.994. The van der Waals surface area contributed by atoms with Crippen molar-refractivity contribution in [2.24, 2.45) is 0 Å². The Hall–Kier alpha value is -2.46. The van der Waals surface area contributed by atoms with E-state index in [0.29, 0.717) is 0 Å². The van der Waals surface area contributed by atoms with Crippen molar-refractivity contribution in [3.05, 3.63) is 59.9 Å². The molecule has 0 unspecified atom stereocenters. The zero-order valence-corrected chi connectivity index (χ0v) is 12.3. The summed E-state index contributed by atoms with van der Waals surface area (Å²) >= 11 is 1.68. The van der Waals surface area contributed by atoms with Crippen molar-refractivity contribution in [2.75, 3.05) is 0 Å². The molecule has 1 N–H and O–H groups in total. The van der Waals surface area contributed by atoms with Crippen LogP contribution in [-0.2, 0) is 0 Å². The first-order chi connectivity index (χ1) is 10.3. The fraction of sp³-hybridized carbons (Fsp3) is 0.0588. The van der Waals surface area contributed by atoms with Crippen LogP contribution in [0, 0.1) is 6.92 Å². The summed E-state index contributed by atoms with van der Waals surface area (Å²) in [4.78, 5) is 11.9. The molecule has 0 fully saturated rings. The molecule has 0 amide bonds. The largest absolute Gasteiger partial charge is 0.345 e. The molecule has 0 spiro atoms. The van der Waals surface area contributed by atoms with Crippen LogP contribution >= 0.6 is 11.3 Å². The van der Waals surface area contributed by atoms with Crippen molar-refractivity contribution in [1.29, 1.82) is 0 Å². The molecular formula is C17H13N3S. The Morgan fingerprint density at radius 1 is 0.952 bits per heavy atom. The van der Waals surface area contributed by atoms with Crippen molar-refractivity contribution in [2.45, 2.75) is 6.92 Å². The molecule has 0 bridgehead atoms. The van der Waals surface area contributed by atoms with E-state index in [0.717, 1.165) is 21.7 Å². The van der Waals surface area contributed by atoms with Crippen LogP contribution in [0.2, 0.25) is 0 Å². The van der Waals surface area contributed by atoms with Crippen LogP contribution in [0.3, 0.4) is 0 Å². The fourth-order valence-electron chi connectivity index (χ4n) is 2.41. The molecule has 0 aliphatic heterocycles. The first-order valence-electron chi connectivity index (χ1n) is 6.76. The Kier molecular flexibility index (Phi) is 2.82. The number of imidazole rings is 1. The Labute approximate surface area is 126 Å². The van der Waals surface area contributed by atoms with Gasteiger partial charge < -0.3 is 4.98 Å². The maximum Gasteiger partial charge on any atom is 0.123 e.